The van der Waals surface area contributed by atoms with Gasteiger partial charge in [0, 0.05) is 32.2 Å². The fraction of sp³-hybridized carbons (Fsp3) is 0.0909. The summed E-state index contributed by atoms with van der Waals surface area (Å²) in [6.07, 6.45) is 0. The molecule has 2 heterocycles. The minimum atomic E-state index is -0.751. The molecule has 5 aromatic carbocycles. The predicted molar refractivity (Wildman–Crippen MR) is 252 cm³/mol. The maximum Gasteiger partial charge on any atom is 0.350 e. The van der Waals surface area contributed by atoms with Gasteiger partial charge in [-0.1, -0.05) is 105 Å². The monoisotopic (exact) mass is 1080 g/mol. The number of nitrogens with zero attached hydrogens (tertiary/aromatic N) is 4. The van der Waals surface area contributed by atoms with Crippen LogP contribution in [0.3, 0.4) is 0 Å². The number of esters is 4. The molecule has 0 aliphatic heterocycles. The van der Waals surface area contributed by atoms with Gasteiger partial charge in [0.15, 0.2) is 26.4 Å². The first-order chi connectivity index (χ1) is 32.6. The van der Waals surface area contributed by atoms with E-state index in [-0.39, 0.29) is 66.6 Å². The molecule has 2 aromatic heterocycles. The number of aromatic nitrogens is 4. The number of carbonyl (C=O) groups is 4. The minimum absolute atomic E-state index is 0.0922. The predicted octanol–water partition coefficient (Wildman–Crippen LogP) is 11.3. The van der Waals surface area contributed by atoms with E-state index in [4.69, 9.17) is 131 Å². The summed E-state index contributed by atoms with van der Waals surface area (Å²) in [5.41, 5.74) is 0. The second-order valence-electron chi connectivity index (χ2n) is 12.9. The van der Waals surface area contributed by atoms with Gasteiger partial charge in [-0.05, 0) is 84.9 Å². The maximum atomic E-state index is 12.3. The van der Waals surface area contributed by atoms with Crippen molar-refractivity contribution < 1.29 is 57.1 Å². The molecule has 0 atom stereocenters. The van der Waals surface area contributed by atoms with Gasteiger partial charge in [0.1, 0.15) is 23.0 Å². The summed E-state index contributed by atoms with van der Waals surface area (Å²) < 4.78 is 41.9. The molecule has 16 nitrogen and oxygen atoms in total. The van der Waals surface area contributed by atoms with Crippen molar-refractivity contribution in [2.24, 2.45) is 0 Å². The Kier molecular flexibility index (Phi) is 18.7. The third-order valence-corrected chi connectivity index (χ3v) is 10.2. The summed E-state index contributed by atoms with van der Waals surface area (Å²) in [6, 6.07) is 27.5. The Morgan fingerprint density at radius 2 is 0.632 bits per heavy atom. The molecular weight excluding hydrogens is 1060 g/mol. The molecule has 0 aliphatic rings. The topological polar surface area (TPSA) is 194 Å². The zero-order valence-electron chi connectivity index (χ0n) is 33.9. The van der Waals surface area contributed by atoms with E-state index in [2.05, 4.69) is 20.4 Å². The zero-order valence-corrected chi connectivity index (χ0v) is 40.0. The Morgan fingerprint density at radius 3 is 0.897 bits per heavy atom. The van der Waals surface area contributed by atoms with Crippen LogP contribution in [0.2, 0.25) is 40.2 Å². The van der Waals surface area contributed by atoms with Crippen molar-refractivity contribution in [3.8, 4) is 46.5 Å². The molecule has 68 heavy (non-hydrogen) atoms. The molecule has 0 N–H and O–H groups in total. The van der Waals surface area contributed by atoms with Crippen LogP contribution in [0.1, 0.15) is 0 Å². The van der Waals surface area contributed by atoms with Crippen LogP contribution in [0.15, 0.2) is 109 Å². The Balaban J connectivity index is 0.000000226. The van der Waals surface area contributed by atoms with Crippen LogP contribution < -0.4 is 37.9 Å². The van der Waals surface area contributed by atoms with E-state index in [0.717, 1.165) is 0 Å². The Labute approximate surface area is 424 Å². The van der Waals surface area contributed by atoms with Gasteiger partial charge in [-0.3, -0.25) is 0 Å². The molecule has 350 valence electrons. The first kappa shape index (κ1) is 51.3. The smallest absolute Gasteiger partial charge is 0.350 e. The van der Waals surface area contributed by atoms with Crippen LogP contribution in [0, 0.1) is 0 Å². The van der Waals surface area contributed by atoms with Crippen LogP contribution in [0.4, 0.5) is 0 Å². The number of halogens is 8. The van der Waals surface area contributed by atoms with Gasteiger partial charge >= 0.3 is 23.9 Å². The van der Waals surface area contributed by atoms with Crippen molar-refractivity contribution in [3.05, 3.63) is 149 Å². The lowest BCUT2D eigenvalue weighted by Gasteiger charge is -2.11. The number of fused-ring (bicyclic) bond motifs is 1. The molecule has 0 amide bonds. The number of rotatable bonds is 16. The highest BCUT2D eigenvalue weighted by Gasteiger charge is 2.19. The molecule has 0 bridgehead atoms. The molecule has 0 radical (unpaired) electrons. The highest BCUT2D eigenvalue weighted by Crippen LogP contribution is 2.32. The van der Waals surface area contributed by atoms with Gasteiger partial charge in [0.2, 0.25) is 23.5 Å². The molecule has 7 aromatic rings. The lowest BCUT2D eigenvalue weighted by atomic mass is 10.2. The van der Waals surface area contributed by atoms with Crippen molar-refractivity contribution in [2.45, 2.75) is 0 Å². The molecule has 0 saturated carbocycles. The van der Waals surface area contributed by atoms with Crippen molar-refractivity contribution in [2.75, 3.05) is 26.4 Å². The maximum absolute atomic E-state index is 12.3. The molecule has 0 unspecified atom stereocenters. The summed E-state index contributed by atoms with van der Waals surface area (Å²) in [5.74, 6) is -2.36. The Bertz CT molecular complexity index is 2770. The SMILES string of the molecule is O=C(COc1ccc(Cl)cc1Cl)Oc1ccc(OC(=O)COc2ccc(Cl)cc2Cl)nn1.O=C(COc1ccc(Cl)cc1Cl)Oc1nnc(OC(=O)COc2ccc(Cl)cc2Cl)c2ccccc12. The fourth-order valence-corrected chi connectivity index (χ4v) is 6.96. The van der Waals surface area contributed by atoms with Crippen molar-refractivity contribution in [3.63, 3.8) is 0 Å². The van der Waals surface area contributed by atoms with Crippen molar-refractivity contribution in [1.82, 2.24) is 20.4 Å². The normalized spacial score (nSPS) is 10.5. The van der Waals surface area contributed by atoms with Gasteiger partial charge in [0.25, 0.3) is 0 Å². The van der Waals surface area contributed by atoms with Crippen LogP contribution >= 0.6 is 92.8 Å². The molecule has 7 rings (SSSR count). The van der Waals surface area contributed by atoms with E-state index >= 15 is 0 Å². The molecule has 0 spiro atoms. The van der Waals surface area contributed by atoms with Crippen LogP contribution in [-0.2, 0) is 19.2 Å². The van der Waals surface area contributed by atoms with Crippen molar-refractivity contribution >= 4 is 127 Å². The van der Waals surface area contributed by atoms with E-state index in [1.807, 2.05) is 0 Å². The highest BCUT2D eigenvalue weighted by molar-refractivity contribution is 6.37. The molecule has 0 saturated heterocycles. The summed E-state index contributed by atoms with van der Waals surface area (Å²) >= 11 is 47.3. The molecule has 0 fully saturated rings. The average Bonchev–Trinajstić information content (AvgIpc) is 3.29. The number of hydrogen-bond donors (Lipinski definition) is 0. The Morgan fingerprint density at radius 1 is 0.353 bits per heavy atom. The van der Waals surface area contributed by atoms with Gasteiger partial charge in [-0.25, -0.2) is 19.2 Å². The highest BCUT2D eigenvalue weighted by atomic mass is 35.5. The number of benzene rings is 5. The summed E-state index contributed by atoms with van der Waals surface area (Å²) in [6.45, 7) is -1.74. The number of hydrogen-bond acceptors (Lipinski definition) is 16. The fourth-order valence-electron chi connectivity index (χ4n) is 5.10. The standard InChI is InChI=1S/C24H14Cl4N2O6.C20H12Cl4N2O6/c25-13-5-7-19(17(27)9-13)33-11-21(31)35-23-15-3-1-2-4-16(15)24(30-29-23)36-22(32)12-34-20-8-6-14(26)10-18(20)28;21-11-1-3-15(13(23)7-11)29-9-19(27)31-17-5-6-18(26-25-17)32-20(28)10-30-16-4-2-12(22)8-14(16)24/h1-10H,11-12H2;1-8H,9-10H2. The van der Waals surface area contributed by atoms with Gasteiger partial charge in [-0.2, -0.15) is 0 Å². The van der Waals surface area contributed by atoms with E-state index in [9.17, 15) is 19.2 Å². The largest absolute Gasteiger partial charge is 0.480 e. The summed E-state index contributed by atoms with van der Waals surface area (Å²) in [7, 11) is 0. The lowest BCUT2D eigenvalue weighted by molar-refractivity contribution is -0.138. The van der Waals surface area contributed by atoms with Gasteiger partial charge in [0.05, 0.1) is 30.9 Å². The Hall–Kier alpha value is -6.08. The quantitative estimate of drug-likeness (QED) is 0.0829. The number of ether oxygens (including phenoxy) is 8. The van der Waals surface area contributed by atoms with Crippen LogP contribution in [0.5, 0.6) is 46.5 Å². The van der Waals surface area contributed by atoms with Crippen LogP contribution in [0.25, 0.3) is 10.8 Å². The second kappa shape index (κ2) is 24.8. The first-order valence-corrected chi connectivity index (χ1v) is 21.9. The van der Waals surface area contributed by atoms with Gasteiger partial charge < -0.3 is 37.9 Å². The van der Waals surface area contributed by atoms with E-state index in [1.165, 1.54) is 60.7 Å². The minimum Gasteiger partial charge on any atom is -0.480 e. The zero-order chi connectivity index (χ0) is 48.7. The third kappa shape index (κ3) is 15.5. The second-order valence-corrected chi connectivity index (χ2v) is 16.3. The molecular formula is C44H26Cl8N4O12. The van der Waals surface area contributed by atoms with Crippen molar-refractivity contribution in [1.29, 1.82) is 0 Å². The first-order valence-electron chi connectivity index (χ1n) is 18.8. The summed E-state index contributed by atoms with van der Waals surface area (Å²) in [4.78, 5) is 48.4. The van der Waals surface area contributed by atoms with E-state index < -0.39 is 50.3 Å². The van der Waals surface area contributed by atoms with Crippen LogP contribution in [-0.4, -0.2) is 70.7 Å². The summed E-state index contributed by atoms with van der Waals surface area (Å²) in [5, 5.41) is 18.5. The molecule has 0 aliphatic carbocycles. The van der Waals surface area contributed by atoms with E-state index in [0.29, 0.717) is 30.9 Å². The average molecular weight is 1090 g/mol. The third-order valence-electron chi connectivity index (χ3n) is 8.05. The van der Waals surface area contributed by atoms with E-state index in [1.54, 1.807) is 48.5 Å². The van der Waals surface area contributed by atoms with Gasteiger partial charge in [-0.15, -0.1) is 20.4 Å². The number of carbonyl (C=O) groups excluding carboxylic acids is 4. The molecule has 24 heteroatoms. The lowest BCUT2D eigenvalue weighted by Crippen LogP contribution is -2.20.